The van der Waals surface area contributed by atoms with Gasteiger partial charge in [-0.3, -0.25) is 0 Å². The Kier molecular flexibility index (Phi) is 9.58. The fraction of sp³-hybridized carbons (Fsp3) is 0.273. The molecule has 4 aromatic carbocycles. The van der Waals surface area contributed by atoms with Crippen LogP contribution in [-0.4, -0.2) is 17.9 Å². The minimum Gasteiger partial charge on any atom is -0.457 e. The lowest BCUT2D eigenvalue weighted by atomic mass is 9.97. The Morgan fingerprint density at radius 1 is 0.727 bits per heavy atom. The molecule has 1 atom stereocenters. The summed E-state index contributed by atoms with van der Waals surface area (Å²) in [6.07, 6.45) is -10.7. The first-order valence-corrected chi connectivity index (χ1v) is 13.6. The third-order valence-electron chi connectivity index (χ3n) is 7.08. The average Bonchev–Trinajstić information content (AvgIpc) is 2.96. The highest BCUT2D eigenvalue weighted by atomic mass is 19.4. The van der Waals surface area contributed by atoms with Crippen molar-refractivity contribution in [1.82, 2.24) is 0 Å². The molecule has 0 bridgehead atoms. The summed E-state index contributed by atoms with van der Waals surface area (Å²) in [5, 5.41) is 10.4. The zero-order valence-electron chi connectivity index (χ0n) is 23.6. The number of ether oxygens (including phenoxy) is 1. The van der Waals surface area contributed by atoms with Gasteiger partial charge in [-0.1, -0.05) is 68.4 Å². The summed E-state index contributed by atoms with van der Waals surface area (Å²) in [6.45, 7) is 2.74. The topological polar surface area (TPSA) is 32.7 Å². The third-order valence-corrected chi connectivity index (χ3v) is 7.08. The van der Waals surface area contributed by atoms with Gasteiger partial charge >= 0.3 is 18.3 Å². The van der Waals surface area contributed by atoms with Crippen LogP contribution in [-0.2, 0) is 18.6 Å². The van der Waals surface area contributed by atoms with Gasteiger partial charge in [0.25, 0.3) is 0 Å². The molecule has 0 saturated carbocycles. The molecule has 1 unspecified atom stereocenters. The fourth-order valence-electron chi connectivity index (χ4n) is 4.82. The van der Waals surface area contributed by atoms with E-state index < -0.39 is 48.6 Å². The minimum atomic E-state index is -5.86. The van der Waals surface area contributed by atoms with E-state index >= 15 is 0 Å². The Morgan fingerprint density at radius 3 is 2.00 bits per heavy atom. The lowest BCUT2D eigenvalue weighted by Crippen LogP contribution is -2.34. The second-order valence-electron chi connectivity index (χ2n) is 10.5. The van der Waals surface area contributed by atoms with Gasteiger partial charge < -0.3 is 14.7 Å². The predicted octanol–water partition coefficient (Wildman–Crippen LogP) is 10.0. The van der Waals surface area contributed by atoms with E-state index in [1.54, 1.807) is 24.3 Å². The van der Waals surface area contributed by atoms with Crippen LogP contribution in [0.4, 0.5) is 40.8 Å². The first-order chi connectivity index (χ1) is 20.6. The summed E-state index contributed by atoms with van der Waals surface area (Å²) in [7, 11) is 0. The highest BCUT2D eigenvalue weighted by molar-refractivity contribution is 5.55. The van der Waals surface area contributed by atoms with Crippen LogP contribution in [0.3, 0.4) is 0 Å². The summed E-state index contributed by atoms with van der Waals surface area (Å²) in [5.74, 6) is -4.18. The van der Waals surface area contributed by atoms with Gasteiger partial charge in [-0.05, 0) is 59.0 Å². The summed E-state index contributed by atoms with van der Waals surface area (Å²) < 4.78 is 116. The number of hydrogen-bond acceptors (Lipinski definition) is 3. The zero-order chi connectivity index (χ0) is 32.3. The van der Waals surface area contributed by atoms with Crippen molar-refractivity contribution in [2.45, 2.75) is 50.6 Å². The van der Waals surface area contributed by atoms with Crippen molar-refractivity contribution < 1.29 is 45.0 Å². The first kappa shape index (κ1) is 32.8. The van der Waals surface area contributed by atoms with Crippen molar-refractivity contribution in [2.75, 3.05) is 11.5 Å². The maximum atomic E-state index is 14.2. The third kappa shape index (κ3) is 7.32. The van der Waals surface area contributed by atoms with E-state index in [-0.39, 0.29) is 28.5 Å². The molecule has 0 aliphatic carbocycles. The maximum Gasteiger partial charge on any atom is 0.458 e. The van der Waals surface area contributed by atoms with Crippen molar-refractivity contribution in [2.24, 2.45) is 0 Å². The quantitative estimate of drug-likeness (QED) is 0.179. The van der Waals surface area contributed by atoms with Crippen LogP contribution in [0.2, 0.25) is 0 Å². The van der Waals surface area contributed by atoms with E-state index in [4.69, 9.17) is 4.74 Å². The molecule has 0 aromatic heterocycles. The Hall–Kier alpha value is -4.12. The van der Waals surface area contributed by atoms with E-state index in [2.05, 4.69) is 0 Å². The molecule has 1 N–H and O–H groups in total. The van der Waals surface area contributed by atoms with Gasteiger partial charge in [-0.15, -0.1) is 0 Å². The monoisotopic (exact) mass is 623 g/mol. The molecule has 234 valence electrons. The van der Waals surface area contributed by atoms with E-state index in [1.807, 2.05) is 26.0 Å². The molecule has 44 heavy (non-hydrogen) atoms. The van der Waals surface area contributed by atoms with Crippen LogP contribution in [0.5, 0.6) is 11.5 Å². The van der Waals surface area contributed by atoms with Crippen molar-refractivity contribution in [3.63, 3.8) is 0 Å². The Bertz CT molecular complexity index is 1570. The van der Waals surface area contributed by atoms with E-state index in [9.17, 15) is 40.2 Å². The van der Waals surface area contributed by atoms with Crippen LogP contribution in [0.15, 0.2) is 97.1 Å². The molecule has 3 nitrogen and oxygen atoms in total. The smallest absolute Gasteiger partial charge is 0.457 e. The molecule has 0 spiro atoms. The van der Waals surface area contributed by atoms with Crippen LogP contribution < -0.4 is 9.64 Å². The second-order valence-corrected chi connectivity index (χ2v) is 10.5. The van der Waals surface area contributed by atoms with Gasteiger partial charge in [0.1, 0.15) is 11.5 Å². The van der Waals surface area contributed by atoms with Crippen LogP contribution >= 0.6 is 0 Å². The normalized spacial score (nSPS) is 13.2. The van der Waals surface area contributed by atoms with Crippen LogP contribution in [0.25, 0.3) is 0 Å². The second kappa shape index (κ2) is 12.9. The lowest BCUT2D eigenvalue weighted by molar-refractivity contribution is -0.289. The number of rotatable bonds is 10. The molecule has 4 rings (SSSR count). The van der Waals surface area contributed by atoms with Gasteiger partial charge in [0.15, 0.2) is 0 Å². The molecular formula is C33H29F8NO2. The SMILES string of the molecule is CC(C)c1cccc(Oc2cccc(N(Cc3cccc(C(F)(F)C(F)(F)F)c3)C(CO)c3ccccc3C(F)(F)F)c2)c1. The summed E-state index contributed by atoms with van der Waals surface area (Å²) in [6, 6.07) is 20.2. The minimum absolute atomic E-state index is 0.0506. The van der Waals surface area contributed by atoms with Gasteiger partial charge in [0.05, 0.1) is 18.2 Å². The fourth-order valence-corrected chi connectivity index (χ4v) is 4.82. The molecular weight excluding hydrogens is 594 g/mol. The lowest BCUT2D eigenvalue weighted by Gasteiger charge is -2.35. The maximum absolute atomic E-state index is 14.2. The largest absolute Gasteiger partial charge is 0.458 e. The number of anilines is 1. The highest BCUT2D eigenvalue weighted by Crippen LogP contribution is 2.44. The summed E-state index contributed by atoms with van der Waals surface area (Å²) in [5.41, 5.74) is -1.48. The number of benzene rings is 4. The number of nitrogens with zero attached hydrogens (tertiary/aromatic N) is 1. The predicted molar refractivity (Wildman–Crippen MR) is 151 cm³/mol. The number of aliphatic hydroxyl groups excluding tert-OH is 1. The standard InChI is InChI=1S/C33H29F8NO2/c1-21(2)23-9-6-12-26(17-23)44-27-13-7-11-25(18-27)42(30(20-43)28-14-3-4-15-29(28)32(36,37)38)19-22-8-5-10-24(16-22)31(34,35)33(39,40)41/h3-18,21,30,43H,19-20H2,1-2H3. The number of alkyl halides is 8. The number of aliphatic hydroxyl groups is 1. The summed E-state index contributed by atoms with van der Waals surface area (Å²) >= 11 is 0. The van der Waals surface area contributed by atoms with E-state index in [1.165, 1.54) is 41.3 Å². The van der Waals surface area contributed by atoms with Gasteiger partial charge in [0, 0.05) is 23.9 Å². The van der Waals surface area contributed by atoms with Crippen molar-refractivity contribution in [3.05, 3.63) is 125 Å². The first-order valence-electron chi connectivity index (χ1n) is 13.6. The molecule has 0 fully saturated rings. The molecule has 0 aliphatic rings. The van der Waals surface area contributed by atoms with Gasteiger partial charge in [-0.2, -0.15) is 35.1 Å². The van der Waals surface area contributed by atoms with E-state index in [0.29, 0.717) is 17.9 Å². The van der Waals surface area contributed by atoms with Crippen molar-refractivity contribution >= 4 is 5.69 Å². The van der Waals surface area contributed by atoms with Gasteiger partial charge in [0.2, 0.25) is 0 Å². The summed E-state index contributed by atoms with van der Waals surface area (Å²) in [4.78, 5) is 1.31. The molecule has 0 aliphatic heterocycles. The molecule has 11 heteroatoms. The van der Waals surface area contributed by atoms with Gasteiger partial charge in [-0.25, -0.2) is 0 Å². The molecule has 0 radical (unpaired) electrons. The highest BCUT2D eigenvalue weighted by Gasteiger charge is 2.58. The van der Waals surface area contributed by atoms with Crippen molar-refractivity contribution in [3.8, 4) is 11.5 Å². The Balaban J connectivity index is 1.81. The Morgan fingerprint density at radius 2 is 1.36 bits per heavy atom. The molecule has 0 heterocycles. The van der Waals surface area contributed by atoms with Crippen LogP contribution in [0.1, 0.15) is 53.6 Å². The van der Waals surface area contributed by atoms with Crippen LogP contribution in [0, 0.1) is 0 Å². The number of hydrogen-bond donors (Lipinski definition) is 1. The van der Waals surface area contributed by atoms with Crippen molar-refractivity contribution in [1.29, 1.82) is 0 Å². The molecule has 0 saturated heterocycles. The zero-order valence-corrected chi connectivity index (χ0v) is 23.6. The number of halogens is 8. The Labute approximate surface area is 249 Å². The van der Waals surface area contributed by atoms with E-state index in [0.717, 1.165) is 17.7 Å². The molecule has 0 amide bonds. The molecule has 4 aromatic rings. The average molecular weight is 624 g/mol.